The molecule has 156 valence electrons. The zero-order chi connectivity index (χ0) is 21.2. The van der Waals surface area contributed by atoms with Crippen molar-refractivity contribution in [3.8, 4) is 11.5 Å². The second-order valence-electron chi connectivity index (χ2n) is 8.75. The van der Waals surface area contributed by atoms with E-state index in [-0.39, 0.29) is 29.8 Å². The highest BCUT2D eigenvalue weighted by atomic mass is 16.5. The van der Waals surface area contributed by atoms with Crippen LogP contribution in [-0.4, -0.2) is 29.9 Å². The number of methoxy groups -OCH3 is 1. The van der Waals surface area contributed by atoms with Crippen molar-refractivity contribution in [1.82, 2.24) is 0 Å². The van der Waals surface area contributed by atoms with E-state index in [0.29, 0.717) is 5.75 Å². The Bertz CT molecular complexity index is 843. The summed E-state index contributed by atoms with van der Waals surface area (Å²) in [6, 6.07) is 17.0. The molecular formula is C24H30O5. The average Bonchev–Trinajstić information content (AvgIpc) is 3.28. The Balaban J connectivity index is 1.60. The average molecular weight is 398 g/mol. The predicted octanol–water partition coefficient (Wildman–Crippen LogP) is 4.58. The molecule has 29 heavy (non-hydrogen) atoms. The molecule has 2 aromatic rings. The summed E-state index contributed by atoms with van der Waals surface area (Å²) >= 11 is 0. The van der Waals surface area contributed by atoms with Gasteiger partial charge in [0.1, 0.15) is 18.1 Å². The van der Waals surface area contributed by atoms with Crippen LogP contribution in [0.25, 0.3) is 0 Å². The molecule has 0 heterocycles. The highest BCUT2D eigenvalue weighted by Crippen LogP contribution is 2.62. The zero-order valence-electron chi connectivity index (χ0n) is 17.7. The SMILES string of the molecule is COC(C)(C)C(O)C1C(C(=O)OCc2cccc(Oc3ccccc3)c2)C1(C)C. The minimum absolute atomic E-state index is 0.161. The van der Waals surface area contributed by atoms with Crippen molar-refractivity contribution in [2.45, 2.75) is 46.0 Å². The Morgan fingerprint density at radius 2 is 1.76 bits per heavy atom. The van der Waals surface area contributed by atoms with Gasteiger partial charge in [-0.15, -0.1) is 0 Å². The van der Waals surface area contributed by atoms with E-state index in [4.69, 9.17) is 14.2 Å². The van der Waals surface area contributed by atoms with Crippen LogP contribution < -0.4 is 4.74 Å². The summed E-state index contributed by atoms with van der Waals surface area (Å²) in [6.07, 6.45) is -0.748. The van der Waals surface area contributed by atoms with Crippen molar-refractivity contribution in [3.63, 3.8) is 0 Å². The summed E-state index contributed by atoms with van der Waals surface area (Å²) in [4.78, 5) is 12.7. The van der Waals surface area contributed by atoms with Crippen molar-refractivity contribution in [2.24, 2.45) is 17.3 Å². The number of ether oxygens (including phenoxy) is 3. The minimum atomic E-state index is -0.748. The molecule has 0 bridgehead atoms. The van der Waals surface area contributed by atoms with Gasteiger partial charge in [-0.3, -0.25) is 4.79 Å². The second kappa shape index (κ2) is 8.17. The maximum absolute atomic E-state index is 12.7. The molecule has 0 spiro atoms. The second-order valence-corrected chi connectivity index (χ2v) is 8.75. The lowest BCUT2D eigenvalue weighted by atomic mass is 9.93. The van der Waals surface area contributed by atoms with Crippen LogP contribution in [0.1, 0.15) is 33.3 Å². The van der Waals surface area contributed by atoms with Gasteiger partial charge in [0.25, 0.3) is 0 Å². The van der Waals surface area contributed by atoms with Gasteiger partial charge < -0.3 is 19.3 Å². The van der Waals surface area contributed by atoms with Gasteiger partial charge in [-0.2, -0.15) is 0 Å². The maximum atomic E-state index is 12.7. The summed E-state index contributed by atoms with van der Waals surface area (Å²) in [5, 5.41) is 10.7. The van der Waals surface area contributed by atoms with Crippen molar-refractivity contribution in [1.29, 1.82) is 0 Å². The first-order valence-electron chi connectivity index (χ1n) is 9.88. The van der Waals surface area contributed by atoms with Crippen LogP contribution in [-0.2, 0) is 20.9 Å². The van der Waals surface area contributed by atoms with E-state index in [1.807, 2.05) is 82.3 Å². The number of carbonyl (C=O) groups excluding carboxylic acids is 1. The zero-order valence-corrected chi connectivity index (χ0v) is 17.7. The lowest BCUT2D eigenvalue weighted by molar-refractivity contribution is -0.148. The first-order valence-corrected chi connectivity index (χ1v) is 9.88. The van der Waals surface area contributed by atoms with E-state index < -0.39 is 11.7 Å². The lowest BCUT2D eigenvalue weighted by Crippen LogP contribution is -2.41. The third-order valence-corrected chi connectivity index (χ3v) is 6.00. The van der Waals surface area contributed by atoms with Crippen molar-refractivity contribution < 1.29 is 24.1 Å². The lowest BCUT2D eigenvalue weighted by Gasteiger charge is -2.30. The molecule has 1 N–H and O–H groups in total. The highest BCUT2D eigenvalue weighted by molar-refractivity contribution is 5.78. The van der Waals surface area contributed by atoms with Crippen LogP contribution in [0.4, 0.5) is 0 Å². The monoisotopic (exact) mass is 398 g/mol. The van der Waals surface area contributed by atoms with Crippen LogP contribution in [0.3, 0.4) is 0 Å². The fourth-order valence-corrected chi connectivity index (χ4v) is 3.84. The maximum Gasteiger partial charge on any atom is 0.310 e. The number of hydrogen-bond acceptors (Lipinski definition) is 5. The van der Waals surface area contributed by atoms with Gasteiger partial charge in [0, 0.05) is 13.0 Å². The van der Waals surface area contributed by atoms with Crippen LogP contribution in [0, 0.1) is 17.3 Å². The Morgan fingerprint density at radius 3 is 2.41 bits per heavy atom. The van der Waals surface area contributed by atoms with Gasteiger partial charge in [0.05, 0.1) is 17.6 Å². The van der Waals surface area contributed by atoms with Gasteiger partial charge in [-0.05, 0) is 49.1 Å². The van der Waals surface area contributed by atoms with E-state index in [9.17, 15) is 9.90 Å². The Labute approximate surface area is 172 Å². The molecule has 0 aliphatic heterocycles. The first kappa shape index (κ1) is 21.3. The van der Waals surface area contributed by atoms with E-state index in [1.54, 1.807) is 7.11 Å². The van der Waals surface area contributed by atoms with Gasteiger partial charge in [-0.1, -0.05) is 44.2 Å². The third kappa shape index (κ3) is 4.62. The largest absolute Gasteiger partial charge is 0.461 e. The van der Waals surface area contributed by atoms with Crippen molar-refractivity contribution in [3.05, 3.63) is 60.2 Å². The molecule has 3 unspecified atom stereocenters. The summed E-state index contributed by atoms with van der Waals surface area (Å²) < 4.78 is 16.8. The van der Waals surface area contributed by atoms with Gasteiger partial charge in [0.15, 0.2) is 0 Å². The number of aliphatic hydroxyl groups is 1. The molecule has 1 aliphatic rings. The Morgan fingerprint density at radius 1 is 1.10 bits per heavy atom. The minimum Gasteiger partial charge on any atom is -0.461 e. The van der Waals surface area contributed by atoms with E-state index in [1.165, 1.54) is 0 Å². The van der Waals surface area contributed by atoms with Crippen LogP contribution >= 0.6 is 0 Å². The van der Waals surface area contributed by atoms with E-state index >= 15 is 0 Å². The topological polar surface area (TPSA) is 65.0 Å². The Kier molecular flexibility index (Phi) is 6.01. The molecule has 3 atom stereocenters. The van der Waals surface area contributed by atoms with Crippen molar-refractivity contribution in [2.75, 3.05) is 7.11 Å². The first-order chi connectivity index (χ1) is 13.7. The number of hydrogen-bond donors (Lipinski definition) is 1. The molecule has 0 amide bonds. The number of aliphatic hydroxyl groups excluding tert-OH is 1. The molecule has 0 radical (unpaired) electrons. The molecular weight excluding hydrogens is 368 g/mol. The number of para-hydroxylation sites is 1. The molecule has 2 aromatic carbocycles. The van der Waals surface area contributed by atoms with Gasteiger partial charge in [-0.25, -0.2) is 0 Å². The molecule has 0 aromatic heterocycles. The summed E-state index contributed by atoms with van der Waals surface area (Å²) in [7, 11) is 1.57. The number of benzene rings is 2. The summed E-state index contributed by atoms with van der Waals surface area (Å²) in [5.74, 6) is 0.597. The van der Waals surface area contributed by atoms with Crippen LogP contribution in [0.15, 0.2) is 54.6 Å². The smallest absolute Gasteiger partial charge is 0.310 e. The molecule has 5 heteroatoms. The van der Waals surface area contributed by atoms with Crippen LogP contribution in [0.5, 0.6) is 11.5 Å². The van der Waals surface area contributed by atoms with Gasteiger partial charge in [0.2, 0.25) is 0 Å². The molecule has 0 saturated heterocycles. The molecule has 3 rings (SSSR count). The Hall–Kier alpha value is -2.37. The molecule has 1 aliphatic carbocycles. The number of rotatable bonds is 8. The quantitative estimate of drug-likeness (QED) is 0.660. The van der Waals surface area contributed by atoms with E-state index in [0.717, 1.165) is 11.3 Å². The summed E-state index contributed by atoms with van der Waals surface area (Å²) in [6.45, 7) is 7.77. The molecule has 1 saturated carbocycles. The van der Waals surface area contributed by atoms with Gasteiger partial charge >= 0.3 is 5.97 Å². The number of esters is 1. The molecule has 1 fully saturated rings. The third-order valence-electron chi connectivity index (χ3n) is 6.00. The fraction of sp³-hybridized carbons (Fsp3) is 0.458. The fourth-order valence-electron chi connectivity index (χ4n) is 3.84. The normalized spacial score (nSPS) is 21.3. The standard InChI is InChI=1S/C24H30O5/c1-23(2)19(21(25)24(3,4)27-5)20(23)22(26)28-15-16-10-9-13-18(14-16)29-17-11-7-6-8-12-17/h6-14,19-21,25H,15H2,1-5H3. The van der Waals surface area contributed by atoms with E-state index in [2.05, 4.69) is 0 Å². The summed E-state index contributed by atoms with van der Waals surface area (Å²) in [5.41, 5.74) is -0.204. The molecule has 5 nitrogen and oxygen atoms in total. The number of carbonyl (C=O) groups is 1. The highest BCUT2D eigenvalue weighted by Gasteiger charge is 2.67. The van der Waals surface area contributed by atoms with Crippen LogP contribution in [0.2, 0.25) is 0 Å². The predicted molar refractivity (Wildman–Crippen MR) is 111 cm³/mol. The van der Waals surface area contributed by atoms with Crippen molar-refractivity contribution >= 4 is 5.97 Å².